The molecule has 20 heavy (non-hydrogen) atoms. The molecule has 1 aromatic heterocycles. The van der Waals surface area contributed by atoms with E-state index in [1.165, 1.54) is 0 Å². The number of benzene rings is 1. The average molecular weight is 274 g/mol. The van der Waals surface area contributed by atoms with Gasteiger partial charge in [-0.05, 0) is 25.8 Å². The van der Waals surface area contributed by atoms with Gasteiger partial charge in [-0.15, -0.1) is 0 Å². The van der Waals surface area contributed by atoms with Crippen LogP contribution in [0.1, 0.15) is 37.6 Å². The van der Waals surface area contributed by atoms with E-state index in [0.29, 0.717) is 24.7 Å². The predicted octanol–water partition coefficient (Wildman–Crippen LogP) is 3.10. The molecule has 5 nitrogen and oxygen atoms in total. The van der Waals surface area contributed by atoms with Gasteiger partial charge in [0.15, 0.2) is 0 Å². The molecule has 1 heterocycles. The van der Waals surface area contributed by atoms with Crippen LogP contribution in [0.3, 0.4) is 0 Å². The lowest BCUT2D eigenvalue weighted by Gasteiger charge is -2.08. The molecule has 1 unspecified atom stereocenters. The first kappa shape index (κ1) is 14.2. The van der Waals surface area contributed by atoms with Crippen molar-refractivity contribution in [3.8, 4) is 11.4 Å². The Labute approximate surface area is 118 Å². The summed E-state index contributed by atoms with van der Waals surface area (Å²) in [7, 11) is 0. The van der Waals surface area contributed by atoms with Crippen LogP contribution in [0.4, 0.5) is 0 Å². The van der Waals surface area contributed by atoms with Crippen molar-refractivity contribution in [3.05, 3.63) is 35.7 Å². The van der Waals surface area contributed by atoms with E-state index in [2.05, 4.69) is 10.1 Å². The van der Waals surface area contributed by atoms with E-state index in [4.69, 9.17) is 9.26 Å². The molecule has 1 atom stereocenters. The summed E-state index contributed by atoms with van der Waals surface area (Å²) in [5.41, 5.74) is 1.96. The number of esters is 1. The number of aryl methyl sites for hydroxylation is 1. The van der Waals surface area contributed by atoms with Crippen LogP contribution in [-0.4, -0.2) is 22.7 Å². The monoisotopic (exact) mass is 274 g/mol. The Bertz CT molecular complexity index is 592. The molecule has 0 N–H and O–H groups in total. The van der Waals surface area contributed by atoms with Gasteiger partial charge in [-0.2, -0.15) is 4.98 Å². The molecule has 106 valence electrons. The Kier molecular flexibility index (Phi) is 4.50. The van der Waals surface area contributed by atoms with Crippen LogP contribution in [0.5, 0.6) is 0 Å². The minimum absolute atomic E-state index is 0.309. The van der Waals surface area contributed by atoms with E-state index in [-0.39, 0.29) is 5.97 Å². The Morgan fingerprint density at radius 1 is 1.35 bits per heavy atom. The molecular weight excluding hydrogens is 256 g/mol. The molecule has 0 amide bonds. The largest absolute Gasteiger partial charge is 0.465 e. The Morgan fingerprint density at radius 2 is 2.10 bits per heavy atom. The maximum atomic E-state index is 11.8. The topological polar surface area (TPSA) is 65.2 Å². The van der Waals surface area contributed by atoms with Crippen molar-refractivity contribution in [2.24, 2.45) is 0 Å². The van der Waals surface area contributed by atoms with Crippen molar-refractivity contribution in [3.63, 3.8) is 0 Å². The zero-order valence-electron chi connectivity index (χ0n) is 11.9. The Hall–Kier alpha value is -2.17. The molecule has 0 radical (unpaired) electrons. The van der Waals surface area contributed by atoms with E-state index in [1.54, 1.807) is 6.92 Å². The number of nitrogens with zero attached hydrogens (tertiary/aromatic N) is 2. The third-order valence-electron chi connectivity index (χ3n) is 3.11. The maximum Gasteiger partial charge on any atom is 0.318 e. The summed E-state index contributed by atoms with van der Waals surface area (Å²) in [5.74, 6) is -0.0137. The summed E-state index contributed by atoms with van der Waals surface area (Å²) in [4.78, 5) is 16.2. The van der Waals surface area contributed by atoms with Gasteiger partial charge in [-0.25, -0.2) is 0 Å². The molecular formula is C15H18N2O3. The van der Waals surface area contributed by atoms with Crippen LogP contribution in [0.25, 0.3) is 11.4 Å². The molecule has 2 rings (SSSR count). The number of ether oxygens (including phenoxy) is 1. The summed E-state index contributed by atoms with van der Waals surface area (Å²) in [6.07, 6.45) is 0.564. The minimum Gasteiger partial charge on any atom is -0.465 e. The van der Waals surface area contributed by atoms with Crippen LogP contribution in [0.2, 0.25) is 0 Å². The van der Waals surface area contributed by atoms with Crippen molar-refractivity contribution >= 4 is 5.97 Å². The number of hydrogen-bond acceptors (Lipinski definition) is 5. The average Bonchev–Trinajstić information content (AvgIpc) is 2.90. The highest BCUT2D eigenvalue weighted by Gasteiger charge is 2.26. The highest BCUT2D eigenvalue weighted by molar-refractivity contribution is 5.77. The molecule has 0 aliphatic rings. The smallest absolute Gasteiger partial charge is 0.318 e. The minimum atomic E-state index is -0.500. The number of carbonyl (C=O) groups excluding carboxylic acids is 1. The molecule has 0 fully saturated rings. The third kappa shape index (κ3) is 2.87. The van der Waals surface area contributed by atoms with Gasteiger partial charge in [0.25, 0.3) is 0 Å². The second-order valence-corrected chi connectivity index (χ2v) is 4.48. The fraction of sp³-hybridized carbons (Fsp3) is 0.400. The summed E-state index contributed by atoms with van der Waals surface area (Å²) >= 11 is 0. The first-order valence-electron chi connectivity index (χ1n) is 6.73. The van der Waals surface area contributed by atoms with Crippen molar-refractivity contribution < 1.29 is 14.1 Å². The summed E-state index contributed by atoms with van der Waals surface area (Å²) in [6.45, 7) is 5.98. The number of aromatic nitrogens is 2. The highest BCUT2D eigenvalue weighted by Crippen LogP contribution is 2.24. The molecule has 0 saturated carbocycles. The van der Waals surface area contributed by atoms with Crippen LogP contribution < -0.4 is 0 Å². The zero-order valence-corrected chi connectivity index (χ0v) is 11.9. The van der Waals surface area contributed by atoms with Gasteiger partial charge in [0.05, 0.1) is 6.61 Å². The van der Waals surface area contributed by atoms with E-state index in [9.17, 15) is 4.79 Å². The normalized spacial score (nSPS) is 12.2. The van der Waals surface area contributed by atoms with Gasteiger partial charge in [-0.1, -0.05) is 36.3 Å². The second kappa shape index (κ2) is 6.32. The lowest BCUT2D eigenvalue weighted by molar-refractivity contribution is -0.145. The predicted molar refractivity (Wildman–Crippen MR) is 74.1 cm³/mol. The van der Waals surface area contributed by atoms with Gasteiger partial charge in [0, 0.05) is 5.56 Å². The Balaban J connectivity index is 2.28. The molecule has 0 spiro atoms. The van der Waals surface area contributed by atoms with Gasteiger partial charge in [0.2, 0.25) is 11.7 Å². The summed E-state index contributed by atoms with van der Waals surface area (Å²) in [5, 5.41) is 3.96. The summed E-state index contributed by atoms with van der Waals surface area (Å²) in [6, 6.07) is 7.78. The zero-order chi connectivity index (χ0) is 14.5. The van der Waals surface area contributed by atoms with Crippen LogP contribution in [-0.2, 0) is 9.53 Å². The first-order valence-corrected chi connectivity index (χ1v) is 6.73. The molecule has 0 aliphatic carbocycles. The van der Waals surface area contributed by atoms with E-state index in [0.717, 1.165) is 11.1 Å². The van der Waals surface area contributed by atoms with Crippen molar-refractivity contribution in [2.75, 3.05) is 6.61 Å². The fourth-order valence-electron chi connectivity index (χ4n) is 1.99. The molecule has 1 aromatic carbocycles. The molecule has 0 saturated heterocycles. The van der Waals surface area contributed by atoms with E-state index < -0.39 is 5.92 Å². The number of carbonyl (C=O) groups is 1. The summed E-state index contributed by atoms with van der Waals surface area (Å²) < 4.78 is 10.3. The van der Waals surface area contributed by atoms with Crippen LogP contribution in [0.15, 0.2) is 28.8 Å². The standard InChI is InChI=1S/C15H18N2O3/c1-4-11(15(18)19-5-2)14-16-13(17-20-14)12-9-7-6-8-10(12)3/h6-9,11H,4-5H2,1-3H3. The van der Waals surface area contributed by atoms with Gasteiger partial charge in [-0.3, -0.25) is 4.79 Å². The lowest BCUT2D eigenvalue weighted by atomic mass is 10.1. The fourth-order valence-corrected chi connectivity index (χ4v) is 1.99. The van der Waals surface area contributed by atoms with Gasteiger partial charge >= 0.3 is 5.97 Å². The van der Waals surface area contributed by atoms with Crippen molar-refractivity contribution in [2.45, 2.75) is 33.1 Å². The molecule has 2 aromatic rings. The van der Waals surface area contributed by atoms with Gasteiger partial charge < -0.3 is 9.26 Å². The van der Waals surface area contributed by atoms with Crippen molar-refractivity contribution in [1.29, 1.82) is 0 Å². The SMILES string of the molecule is CCOC(=O)C(CC)c1nc(-c2ccccc2C)no1. The quantitative estimate of drug-likeness (QED) is 0.784. The van der Waals surface area contributed by atoms with Crippen molar-refractivity contribution in [1.82, 2.24) is 10.1 Å². The van der Waals surface area contributed by atoms with E-state index in [1.807, 2.05) is 38.1 Å². The third-order valence-corrected chi connectivity index (χ3v) is 3.11. The number of hydrogen-bond donors (Lipinski definition) is 0. The second-order valence-electron chi connectivity index (χ2n) is 4.48. The first-order chi connectivity index (χ1) is 9.67. The maximum absolute atomic E-state index is 11.8. The molecule has 0 aliphatic heterocycles. The van der Waals surface area contributed by atoms with E-state index >= 15 is 0 Å². The van der Waals surface area contributed by atoms with Crippen LogP contribution in [0, 0.1) is 6.92 Å². The highest BCUT2D eigenvalue weighted by atomic mass is 16.5. The van der Waals surface area contributed by atoms with Crippen LogP contribution >= 0.6 is 0 Å². The molecule has 0 bridgehead atoms. The van der Waals surface area contributed by atoms with Gasteiger partial charge in [0.1, 0.15) is 5.92 Å². The number of rotatable bonds is 5. The lowest BCUT2D eigenvalue weighted by Crippen LogP contribution is -2.15. The Morgan fingerprint density at radius 3 is 2.75 bits per heavy atom. The molecule has 5 heteroatoms.